The Morgan fingerprint density at radius 2 is 1.61 bits per heavy atom. The number of halogens is 1. The molecule has 7 heteroatoms. The van der Waals surface area contributed by atoms with Crippen molar-refractivity contribution in [2.24, 2.45) is 0 Å². The van der Waals surface area contributed by atoms with Gasteiger partial charge in [-0.1, -0.05) is 51.1 Å². The number of nitrogens with one attached hydrogen (secondary N) is 2. The lowest BCUT2D eigenvalue weighted by atomic mass is 9.83. The fourth-order valence-electron chi connectivity index (χ4n) is 3.34. The van der Waals surface area contributed by atoms with Crippen molar-refractivity contribution < 1.29 is 12.8 Å². The molecule has 3 aromatic rings. The zero-order valence-corrected chi connectivity index (χ0v) is 18.9. The van der Waals surface area contributed by atoms with E-state index in [0.29, 0.717) is 16.8 Å². The first-order valence-corrected chi connectivity index (χ1v) is 11.9. The molecule has 2 N–H and O–H groups in total. The number of aromatic amines is 1. The zero-order valence-electron chi connectivity index (χ0n) is 18.1. The van der Waals surface area contributed by atoms with Crippen molar-refractivity contribution in [2.45, 2.75) is 39.0 Å². The normalized spacial score (nSPS) is 12.0. The predicted molar refractivity (Wildman–Crippen MR) is 123 cm³/mol. The Morgan fingerprint density at radius 3 is 2.23 bits per heavy atom. The van der Waals surface area contributed by atoms with Crippen molar-refractivity contribution in [1.82, 2.24) is 4.98 Å². The Balaban J connectivity index is 1.89. The van der Waals surface area contributed by atoms with Crippen LogP contribution in [0, 0.1) is 5.82 Å². The van der Waals surface area contributed by atoms with Gasteiger partial charge in [-0.3, -0.25) is 9.52 Å². The van der Waals surface area contributed by atoms with Crippen molar-refractivity contribution in [1.29, 1.82) is 0 Å². The second kappa shape index (κ2) is 8.67. The Hall–Kier alpha value is -2.93. The maximum absolute atomic E-state index is 13.8. The fraction of sp³-hybridized carbons (Fsp3) is 0.292. The van der Waals surface area contributed by atoms with Crippen LogP contribution in [0.25, 0.3) is 11.1 Å². The molecular formula is C24H27FN2O3S. The molecule has 31 heavy (non-hydrogen) atoms. The van der Waals surface area contributed by atoms with Gasteiger partial charge in [-0.25, -0.2) is 12.8 Å². The lowest BCUT2D eigenvalue weighted by Gasteiger charge is -2.21. The van der Waals surface area contributed by atoms with Gasteiger partial charge in [0.25, 0.3) is 5.56 Å². The minimum atomic E-state index is -3.31. The van der Waals surface area contributed by atoms with E-state index in [9.17, 15) is 17.6 Å². The first-order valence-electron chi connectivity index (χ1n) is 10.0. The van der Waals surface area contributed by atoms with Crippen molar-refractivity contribution in [2.75, 3.05) is 11.0 Å². The average molecular weight is 443 g/mol. The Morgan fingerprint density at radius 1 is 0.968 bits per heavy atom. The Labute approximate surface area is 182 Å². The molecule has 1 heterocycles. The van der Waals surface area contributed by atoms with Gasteiger partial charge in [-0.15, -0.1) is 0 Å². The monoisotopic (exact) mass is 442 g/mol. The number of benzene rings is 2. The van der Waals surface area contributed by atoms with Crippen LogP contribution in [0.1, 0.15) is 37.5 Å². The summed E-state index contributed by atoms with van der Waals surface area (Å²) >= 11 is 0. The van der Waals surface area contributed by atoms with Crippen LogP contribution in [0.3, 0.4) is 0 Å². The van der Waals surface area contributed by atoms with Gasteiger partial charge in [0.2, 0.25) is 10.0 Å². The number of H-pyrrole nitrogens is 1. The number of rotatable bonds is 6. The van der Waals surface area contributed by atoms with Gasteiger partial charge in [0, 0.05) is 17.4 Å². The van der Waals surface area contributed by atoms with Crippen molar-refractivity contribution in [3.8, 4) is 11.1 Å². The molecular weight excluding hydrogens is 415 g/mol. The lowest BCUT2D eigenvalue weighted by Crippen LogP contribution is -2.14. The second-order valence-electron chi connectivity index (χ2n) is 8.80. The molecule has 0 aliphatic rings. The summed E-state index contributed by atoms with van der Waals surface area (Å²) in [5.41, 5.74) is 4.23. The van der Waals surface area contributed by atoms with Gasteiger partial charge in [-0.2, -0.15) is 0 Å². The van der Waals surface area contributed by atoms with Crippen LogP contribution in [0.5, 0.6) is 0 Å². The number of aromatic nitrogens is 1. The van der Waals surface area contributed by atoms with Gasteiger partial charge in [0.15, 0.2) is 0 Å². The van der Waals surface area contributed by atoms with Gasteiger partial charge < -0.3 is 4.98 Å². The zero-order chi connectivity index (χ0) is 22.8. The topological polar surface area (TPSA) is 79.0 Å². The first-order chi connectivity index (χ1) is 14.4. The van der Waals surface area contributed by atoms with E-state index >= 15 is 0 Å². The van der Waals surface area contributed by atoms with Gasteiger partial charge in [0.1, 0.15) is 5.82 Å². The molecule has 0 spiro atoms. The lowest BCUT2D eigenvalue weighted by molar-refractivity contribution is 0.589. The smallest absolute Gasteiger partial charge is 0.256 e. The summed E-state index contributed by atoms with van der Waals surface area (Å²) in [4.78, 5) is 14.7. The molecule has 0 radical (unpaired) electrons. The summed E-state index contributed by atoms with van der Waals surface area (Å²) in [6, 6.07) is 14.5. The first kappa shape index (κ1) is 22.7. The van der Waals surface area contributed by atoms with E-state index < -0.39 is 15.8 Å². The Bertz CT molecular complexity index is 1240. The highest BCUT2D eigenvalue weighted by Gasteiger charge is 2.17. The van der Waals surface area contributed by atoms with E-state index in [1.165, 1.54) is 6.07 Å². The number of hydrogen-bond acceptors (Lipinski definition) is 3. The SMILES string of the molecule is CC(C)(C)c1cc(CCc2ccc(NS(C)(=O)=O)cc2)cc(-c2cc(F)c[nH]c2=O)c1. The van der Waals surface area contributed by atoms with Crippen molar-refractivity contribution >= 4 is 15.7 Å². The van der Waals surface area contributed by atoms with Crippen LogP contribution in [0.4, 0.5) is 10.1 Å². The summed E-state index contributed by atoms with van der Waals surface area (Å²) in [5, 5.41) is 0. The molecule has 0 fully saturated rings. The van der Waals surface area contributed by atoms with Crippen LogP contribution in [-0.2, 0) is 28.3 Å². The second-order valence-corrected chi connectivity index (χ2v) is 10.5. The van der Waals surface area contributed by atoms with Gasteiger partial charge in [-0.05, 0) is 58.7 Å². The van der Waals surface area contributed by atoms with E-state index in [1.54, 1.807) is 12.1 Å². The molecule has 0 aliphatic heterocycles. The molecule has 0 atom stereocenters. The quantitative estimate of drug-likeness (QED) is 0.584. The largest absolute Gasteiger partial charge is 0.326 e. The van der Waals surface area contributed by atoms with Crippen LogP contribution in [0.2, 0.25) is 0 Å². The summed E-state index contributed by atoms with van der Waals surface area (Å²) in [6.45, 7) is 6.29. The number of hydrogen-bond donors (Lipinski definition) is 2. The average Bonchev–Trinajstić information content (AvgIpc) is 2.67. The maximum Gasteiger partial charge on any atom is 0.256 e. The molecule has 0 saturated carbocycles. The summed E-state index contributed by atoms with van der Waals surface area (Å²) in [7, 11) is -3.31. The molecule has 164 valence electrons. The maximum atomic E-state index is 13.8. The minimum absolute atomic E-state index is 0.135. The van der Waals surface area contributed by atoms with Crippen LogP contribution in [0.15, 0.2) is 59.5 Å². The van der Waals surface area contributed by atoms with E-state index in [2.05, 4.69) is 36.5 Å². The number of anilines is 1. The third-order valence-electron chi connectivity index (χ3n) is 5.00. The van der Waals surface area contributed by atoms with Crippen molar-refractivity contribution in [3.05, 3.63) is 87.6 Å². The van der Waals surface area contributed by atoms with Crippen molar-refractivity contribution in [3.63, 3.8) is 0 Å². The molecule has 0 unspecified atom stereocenters. The molecule has 2 aromatic carbocycles. The molecule has 5 nitrogen and oxygen atoms in total. The summed E-state index contributed by atoms with van der Waals surface area (Å²) in [6.07, 6.45) is 3.64. The van der Waals surface area contributed by atoms with Gasteiger partial charge >= 0.3 is 0 Å². The highest BCUT2D eigenvalue weighted by molar-refractivity contribution is 7.92. The molecule has 0 saturated heterocycles. The standard InChI is InChI=1S/C24H27FN2O3S/c1-24(2,3)19-12-17(11-18(13-19)22-14-20(25)15-26-23(22)28)6-5-16-7-9-21(10-8-16)27-31(4,29)30/h7-15,27H,5-6H2,1-4H3,(H,26,28). The van der Waals surface area contributed by atoms with Crippen LogP contribution < -0.4 is 10.3 Å². The highest BCUT2D eigenvalue weighted by atomic mass is 32.2. The van der Waals surface area contributed by atoms with Crippen LogP contribution in [-0.4, -0.2) is 19.7 Å². The summed E-state index contributed by atoms with van der Waals surface area (Å²) < 4.78 is 38.9. The molecule has 0 amide bonds. The van der Waals surface area contributed by atoms with E-state index in [1.807, 2.05) is 24.3 Å². The number of pyridine rings is 1. The van der Waals surface area contributed by atoms with E-state index in [-0.39, 0.29) is 11.0 Å². The predicted octanol–water partition coefficient (Wildman–Crippen LogP) is 4.64. The van der Waals surface area contributed by atoms with Crippen LogP contribution >= 0.6 is 0 Å². The highest BCUT2D eigenvalue weighted by Crippen LogP contribution is 2.29. The number of sulfonamides is 1. The molecule has 1 aromatic heterocycles. The van der Waals surface area contributed by atoms with E-state index in [4.69, 9.17) is 0 Å². The molecule has 3 rings (SSSR count). The Kier molecular flexibility index (Phi) is 6.36. The van der Waals surface area contributed by atoms with Gasteiger partial charge in [0.05, 0.1) is 6.26 Å². The third-order valence-corrected chi connectivity index (χ3v) is 5.60. The summed E-state index contributed by atoms with van der Waals surface area (Å²) in [5.74, 6) is -0.486. The van der Waals surface area contributed by atoms with E-state index in [0.717, 1.165) is 42.0 Å². The fourth-order valence-corrected chi connectivity index (χ4v) is 3.90. The molecule has 0 aliphatic carbocycles. The third kappa shape index (κ3) is 6.28. The minimum Gasteiger partial charge on any atom is -0.326 e. The molecule has 0 bridgehead atoms. The number of aryl methyl sites for hydroxylation is 2.